The molecule has 0 radical (unpaired) electrons. The van der Waals surface area contributed by atoms with Gasteiger partial charge in [-0.1, -0.05) is 17.7 Å². The first kappa shape index (κ1) is 15.1. The Hall–Kier alpha value is -2.82. The number of carbonyl (C=O) groups is 2. The lowest BCUT2D eigenvalue weighted by molar-refractivity contribution is 0.0949. The largest absolute Gasteiger partial charge is 0.507 e. The van der Waals surface area contributed by atoms with E-state index in [1.807, 2.05) is 6.92 Å². The molecule has 0 atom stereocenters. The number of aryl methyl sites for hydroxylation is 1. The summed E-state index contributed by atoms with van der Waals surface area (Å²) in [5.41, 5.74) is 2.10. The summed E-state index contributed by atoms with van der Waals surface area (Å²) in [5, 5.41) is 15.4. The van der Waals surface area contributed by atoms with Gasteiger partial charge in [0.1, 0.15) is 5.75 Å². The fourth-order valence-corrected chi connectivity index (χ4v) is 2.26. The first-order chi connectivity index (χ1) is 11.0. The Morgan fingerprint density at radius 2 is 1.87 bits per heavy atom. The van der Waals surface area contributed by atoms with Crippen LogP contribution < -0.4 is 10.6 Å². The van der Waals surface area contributed by atoms with E-state index in [9.17, 15) is 14.7 Å². The van der Waals surface area contributed by atoms with Crippen molar-refractivity contribution in [1.29, 1.82) is 0 Å². The molecule has 0 saturated heterocycles. The van der Waals surface area contributed by atoms with E-state index < -0.39 is 5.91 Å². The highest BCUT2D eigenvalue weighted by atomic mass is 16.3. The quantitative estimate of drug-likeness (QED) is 0.812. The maximum atomic E-state index is 12.3. The van der Waals surface area contributed by atoms with Gasteiger partial charge in [-0.15, -0.1) is 0 Å². The number of amides is 2. The fraction of sp³-hybridized carbons (Fsp3) is 0.222. The molecule has 0 aliphatic heterocycles. The van der Waals surface area contributed by atoms with E-state index in [0.29, 0.717) is 11.3 Å². The van der Waals surface area contributed by atoms with Gasteiger partial charge in [-0.25, -0.2) is 0 Å². The monoisotopic (exact) mass is 310 g/mol. The summed E-state index contributed by atoms with van der Waals surface area (Å²) in [6, 6.07) is 11.9. The Labute approximate surface area is 134 Å². The number of anilines is 1. The van der Waals surface area contributed by atoms with Crippen LogP contribution in [0.3, 0.4) is 0 Å². The number of aromatic hydroxyl groups is 1. The molecule has 2 amide bonds. The Morgan fingerprint density at radius 1 is 1.09 bits per heavy atom. The highest BCUT2D eigenvalue weighted by Gasteiger charge is 2.23. The standard InChI is InChI=1S/C18H18N2O3/c1-11-5-8-16(21)15(9-11)18(23)20-14-4-2-3-12(10-14)17(22)19-13-6-7-13/h2-5,8-10,13,21H,6-7H2,1H3,(H,19,22)(H,20,23). The van der Waals surface area contributed by atoms with Gasteiger partial charge >= 0.3 is 0 Å². The normalized spacial score (nSPS) is 13.4. The Bertz CT molecular complexity index is 767. The number of phenolic OH excluding ortho intramolecular Hbond substituents is 1. The molecule has 0 spiro atoms. The SMILES string of the molecule is Cc1ccc(O)c(C(=O)Nc2cccc(C(=O)NC3CC3)c2)c1. The maximum absolute atomic E-state index is 12.3. The van der Waals surface area contributed by atoms with Crippen LogP contribution in [0.5, 0.6) is 5.75 Å². The molecule has 5 nitrogen and oxygen atoms in total. The van der Waals surface area contributed by atoms with Gasteiger partial charge in [-0.2, -0.15) is 0 Å². The van der Waals surface area contributed by atoms with E-state index in [1.165, 1.54) is 6.07 Å². The van der Waals surface area contributed by atoms with Gasteiger partial charge in [-0.3, -0.25) is 9.59 Å². The lowest BCUT2D eigenvalue weighted by Gasteiger charge is -2.09. The van der Waals surface area contributed by atoms with Gasteiger partial charge < -0.3 is 15.7 Å². The third-order valence-corrected chi connectivity index (χ3v) is 3.69. The van der Waals surface area contributed by atoms with Crippen molar-refractivity contribution in [2.45, 2.75) is 25.8 Å². The summed E-state index contributed by atoms with van der Waals surface area (Å²) in [7, 11) is 0. The molecule has 3 rings (SSSR count). The van der Waals surface area contributed by atoms with Crippen molar-refractivity contribution < 1.29 is 14.7 Å². The molecule has 2 aromatic carbocycles. The molecule has 1 saturated carbocycles. The van der Waals surface area contributed by atoms with E-state index in [2.05, 4.69) is 10.6 Å². The van der Waals surface area contributed by atoms with E-state index in [4.69, 9.17) is 0 Å². The minimum atomic E-state index is -0.411. The lowest BCUT2D eigenvalue weighted by atomic mass is 10.1. The highest BCUT2D eigenvalue weighted by molar-refractivity contribution is 6.06. The van der Waals surface area contributed by atoms with Crippen molar-refractivity contribution in [2.75, 3.05) is 5.32 Å². The Kier molecular flexibility index (Phi) is 4.02. The molecule has 1 aliphatic rings. The van der Waals surface area contributed by atoms with Crippen molar-refractivity contribution in [1.82, 2.24) is 5.32 Å². The van der Waals surface area contributed by atoms with E-state index in [1.54, 1.807) is 36.4 Å². The molecule has 118 valence electrons. The third-order valence-electron chi connectivity index (χ3n) is 3.69. The predicted molar refractivity (Wildman–Crippen MR) is 87.7 cm³/mol. The number of carbonyl (C=O) groups excluding carboxylic acids is 2. The van der Waals surface area contributed by atoms with Crippen LogP contribution in [0.25, 0.3) is 0 Å². The van der Waals surface area contributed by atoms with Gasteiger partial charge in [-0.05, 0) is 50.1 Å². The van der Waals surface area contributed by atoms with Gasteiger partial charge in [0.15, 0.2) is 0 Å². The second-order valence-electron chi connectivity index (χ2n) is 5.80. The average molecular weight is 310 g/mol. The zero-order chi connectivity index (χ0) is 16.4. The molecule has 3 N–H and O–H groups in total. The van der Waals surface area contributed by atoms with E-state index in [-0.39, 0.29) is 23.3 Å². The Morgan fingerprint density at radius 3 is 2.61 bits per heavy atom. The predicted octanol–water partition coefficient (Wildman–Crippen LogP) is 2.85. The molecule has 0 unspecified atom stereocenters. The van der Waals surface area contributed by atoms with Crippen molar-refractivity contribution in [3.05, 3.63) is 59.2 Å². The average Bonchev–Trinajstić information content (AvgIpc) is 3.34. The van der Waals surface area contributed by atoms with Gasteiger partial charge in [0.2, 0.25) is 0 Å². The van der Waals surface area contributed by atoms with Gasteiger partial charge in [0.05, 0.1) is 5.56 Å². The molecule has 0 aromatic heterocycles. The van der Waals surface area contributed by atoms with E-state index in [0.717, 1.165) is 18.4 Å². The first-order valence-corrected chi connectivity index (χ1v) is 7.55. The fourth-order valence-electron chi connectivity index (χ4n) is 2.26. The number of hydrogen-bond donors (Lipinski definition) is 3. The smallest absolute Gasteiger partial charge is 0.259 e. The molecule has 5 heteroatoms. The second kappa shape index (κ2) is 6.12. The van der Waals surface area contributed by atoms with Crippen molar-refractivity contribution in [2.24, 2.45) is 0 Å². The van der Waals surface area contributed by atoms with Crippen LogP contribution in [-0.2, 0) is 0 Å². The minimum Gasteiger partial charge on any atom is -0.507 e. The number of benzene rings is 2. The zero-order valence-corrected chi connectivity index (χ0v) is 12.8. The summed E-state index contributed by atoms with van der Waals surface area (Å²) >= 11 is 0. The topological polar surface area (TPSA) is 78.4 Å². The van der Waals surface area contributed by atoms with Crippen molar-refractivity contribution >= 4 is 17.5 Å². The second-order valence-corrected chi connectivity index (χ2v) is 5.80. The van der Waals surface area contributed by atoms with Gasteiger partial charge in [0, 0.05) is 17.3 Å². The van der Waals surface area contributed by atoms with Crippen molar-refractivity contribution in [3.8, 4) is 5.75 Å². The molecule has 0 bridgehead atoms. The van der Waals surface area contributed by atoms with Crippen LogP contribution in [0, 0.1) is 6.92 Å². The Balaban J connectivity index is 1.75. The summed E-state index contributed by atoms with van der Waals surface area (Å²) in [5.74, 6) is -0.622. The van der Waals surface area contributed by atoms with Crippen LogP contribution in [-0.4, -0.2) is 23.0 Å². The summed E-state index contributed by atoms with van der Waals surface area (Å²) in [4.78, 5) is 24.3. The number of hydrogen-bond acceptors (Lipinski definition) is 3. The summed E-state index contributed by atoms with van der Waals surface area (Å²) < 4.78 is 0. The number of phenols is 1. The lowest BCUT2D eigenvalue weighted by Crippen LogP contribution is -2.25. The van der Waals surface area contributed by atoms with Crippen LogP contribution in [0.2, 0.25) is 0 Å². The zero-order valence-electron chi connectivity index (χ0n) is 12.8. The molecule has 0 heterocycles. The number of nitrogens with one attached hydrogen (secondary N) is 2. The number of rotatable bonds is 4. The summed E-state index contributed by atoms with van der Waals surface area (Å²) in [6.07, 6.45) is 2.05. The molecule has 2 aromatic rings. The molecular formula is C18H18N2O3. The first-order valence-electron chi connectivity index (χ1n) is 7.55. The van der Waals surface area contributed by atoms with Crippen LogP contribution >= 0.6 is 0 Å². The van der Waals surface area contributed by atoms with Gasteiger partial charge in [0.25, 0.3) is 11.8 Å². The third kappa shape index (κ3) is 3.69. The highest BCUT2D eigenvalue weighted by Crippen LogP contribution is 2.22. The molecule has 1 fully saturated rings. The molecular weight excluding hydrogens is 292 g/mol. The van der Waals surface area contributed by atoms with Crippen LogP contribution in [0.15, 0.2) is 42.5 Å². The summed E-state index contributed by atoms with van der Waals surface area (Å²) in [6.45, 7) is 1.85. The molecule has 1 aliphatic carbocycles. The van der Waals surface area contributed by atoms with Crippen LogP contribution in [0.4, 0.5) is 5.69 Å². The van der Waals surface area contributed by atoms with E-state index >= 15 is 0 Å². The maximum Gasteiger partial charge on any atom is 0.259 e. The van der Waals surface area contributed by atoms with Crippen molar-refractivity contribution in [3.63, 3.8) is 0 Å². The minimum absolute atomic E-state index is 0.0734. The van der Waals surface area contributed by atoms with Crippen LogP contribution in [0.1, 0.15) is 39.1 Å². The molecule has 23 heavy (non-hydrogen) atoms.